The van der Waals surface area contributed by atoms with Crippen LogP contribution >= 0.6 is 0 Å². The maximum Gasteiger partial charge on any atom is 0.422 e. The second kappa shape index (κ2) is 6.86. The summed E-state index contributed by atoms with van der Waals surface area (Å²) in [6.07, 6.45) is -4.95. The summed E-state index contributed by atoms with van der Waals surface area (Å²) in [6, 6.07) is 6.43. The Kier molecular flexibility index (Phi) is 5.47. The molecule has 1 aromatic rings. The zero-order valence-corrected chi connectivity index (χ0v) is 10.3. The average Bonchev–Trinajstić information content (AvgIpc) is 2.34. The van der Waals surface area contributed by atoms with Crippen molar-refractivity contribution in [3.8, 4) is 5.75 Å². The smallest absolute Gasteiger partial charge is 0.422 e. The number of hydrogen-bond donors (Lipinski definition) is 1. The molecule has 0 spiro atoms. The molecule has 0 saturated heterocycles. The Labute approximate surface area is 108 Å². The van der Waals surface area contributed by atoms with Crippen molar-refractivity contribution in [2.24, 2.45) is 0 Å². The van der Waals surface area contributed by atoms with Gasteiger partial charge in [-0.15, -0.1) is 0 Å². The number of benzene rings is 1. The Balaban J connectivity index is 2.58. The van der Waals surface area contributed by atoms with Crippen molar-refractivity contribution in [3.05, 3.63) is 24.3 Å². The van der Waals surface area contributed by atoms with Crippen molar-refractivity contribution in [1.82, 2.24) is 0 Å². The van der Waals surface area contributed by atoms with E-state index in [0.717, 1.165) is 6.42 Å². The van der Waals surface area contributed by atoms with Gasteiger partial charge in [-0.25, -0.2) is 4.79 Å². The molecule has 0 heterocycles. The van der Waals surface area contributed by atoms with Gasteiger partial charge in [0.15, 0.2) is 6.61 Å². The van der Waals surface area contributed by atoms with E-state index in [1.807, 2.05) is 6.92 Å². The normalized spacial score (nSPS) is 10.9. The third kappa shape index (κ3) is 5.98. The highest BCUT2D eigenvalue weighted by atomic mass is 19.4. The molecule has 0 bridgehead atoms. The molecule has 0 aliphatic heterocycles. The van der Waals surface area contributed by atoms with E-state index in [0.29, 0.717) is 12.4 Å². The van der Waals surface area contributed by atoms with Crippen LogP contribution in [0.1, 0.15) is 13.3 Å². The predicted molar refractivity (Wildman–Crippen MR) is 63.3 cm³/mol. The number of halogens is 3. The summed E-state index contributed by atoms with van der Waals surface area (Å²) in [4.78, 5) is 11.2. The highest BCUT2D eigenvalue weighted by Gasteiger charge is 2.29. The number of ether oxygens (including phenoxy) is 2. The molecule has 0 unspecified atom stereocenters. The van der Waals surface area contributed by atoms with Crippen LogP contribution in [0.2, 0.25) is 0 Å². The molecule has 106 valence electrons. The zero-order valence-electron chi connectivity index (χ0n) is 10.3. The summed E-state index contributed by atoms with van der Waals surface area (Å²) in [7, 11) is 0. The first-order chi connectivity index (χ1) is 8.92. The summed E-state index contributed by atoms with van der Waals surface area (Å²) in [5, 5.41) is 2.21. The summed E-state index contributed by atoms with van der Waals surface area (Å²) in [5.41, 5.74) is 0.267. The van der Waals surface area contributed by atoms with Gasteiger partial charge in [0.2, 0.25) is 0 Å². The molecule has 1 N–H and O–H groups in total. The van der Waals surface area contributed by atoms with E-state index < -0.39 is 18.9 Å². The predicted octanol–water partition coefficient (Wildman–Crippen LogP) is 3.59. The molecule has 1 amide bonds. The largest absolute Gasteiger partial charge is 0.491 e. The lowest BCUT2D eigenvalue weighted by atomic mass is 10.3. The van der Waals surface area contributed by atoms with Crippen molar-refractivity contribution in [2.75, 3.05) is 18.5 Å². The first kappa shape index (κ1) is 15.1. The van der Waals surface area contributed by atoms with Gasteiger partial charge in [0.1, 0.15) is 5.75 Å². The van der Waals surface area contributed by atoms with Crippen LogP contribution in [0.15, 0.2) is 24.3 Å². The monoisotopic (exact) mass is 277 g/mol. The lowest BCUT2D eigenvalue weighted by Gasteiger charge is -2.12. The number of nitrogens with one attached hydrogen (secondary N) is 1. The quantitative estimate of drug-likeness (QED) is 0.894. The zero-order chi connectivity index (χ0) is 14.3. The van der Waals surface area contributed by atoms with Gasteiger partial charge in [0.25, 0.3) is 0 Å². The van der Waals surface area contributed by atoms with E-state index in [2.05, 4.69) is 10.1 Å². The van der Waals surface area contributed by atoms with Crippen LogP contribution in [-0.2, 0) is 4.74 Å². The van der Waals surface area contributed by atoms with Crippen LogP contribution < -0.4 is 10.1 Å². The molecule has 1 rings (SSSR count). The molecule has 0 saturated carbocycles. The van der Waals surface area contributed by atoms with Crippen LogP contribution in [0.5, 0.6) is 5.75 Å². The minimum Gasteiger partial charge on any atom is -0.491 e. The Bertz CT molecular complexity index is 421. The number of anilines is 1. The van der Waals surface area contributed by atoms with Crippen molar-refractivity contribution >= 4 is 11.8 Å². The molecule has 7 heteroatoms. The highest BCUT2D eigenvalue weighted by molar-refractivity contribution is 5.86. The van der Waals surface area contributed by atoms with Crippen molar-refractivity contribution in [2.45, 2.75) is 19.5 Å². The van der Waals surface area contributed by atoms with Crippen molar-refractivity contribution < 1.29 is 27.4 Å². The molecule has 0 fully saturated rings. The summed E-state index contributed by atoms with van der Waals surface area (Å²) < 4.78 is 45.0. The average molecular weight is 277 g/mol. The van der Waals surface area contributed by atoms with Crippen LogP contribution in [-0.4, -0.2) is 25.5 Å². The molecule has 0 aromatic heterocycles. The van der Waals surface area contributed by atoms with Crippen molar-refractivity contribution in [3.63, 3.8) is 0 Å². The van der Waals surface area contributed by atoms with E-state index in [1.54, 1.807) is 18.2 Å². The van der Waals surface area contributed by atoms with E-state index in [9.17, 15) is 18.0 Å². The Morgan fingerprint density at radius 1 is 1.32 bits per heavy atom. The molecule has 19 heavy (non-hydrogen) atoms. The molecule has 0 atom stereocenters. The fourth-order valence-electron chi connectivity index (χ4n) is 1.20. The van der Waals surface area contributed by atoms with Crippen LogP contribution in [0, 0.1) is 0 Å². The fourth-order valence-corrected chi connectivity index (χ4v) is 1.20. The number of hydrogen-bond acceptors (Lipinski definition) is 3. The number of alkyl halides is 3. The summed E-state index contributed by atoms with van der Waals surface area (Å²) >= 11 is 0. The number of carbonyl (C=O) groups is 1. The topological polar surface area (TPSA) is 47.6 Å². The van der Waals surface area contributed by atoms with E-state index in [1.165, 1.54) is 6.07 Å². The molecular formula is C12H14F3NO3. The van der Waals surface area contributed by atoms with Gasteiger partial charge >= 0.3 is 12.3 Å². The molecule has 1 aromatic carbocycles. The Morgan fingerprint density at radius 2 is 2.00 bits per heavy atom. The minimum atomic E-state index is -4.55. The van der Waals surface area contributed by atoms with E-state index >= 15 is 0 Å². The SMILES string of the molecule is CCCOc1ccccc1NC(=O)OCC(F)(F)F. The lowest BCUT2D eigenvalue weighted by molar-refractivity contribution is -0.159. The maximum atomic E-state index is 11.9. The summed E-state index contributed by atoms with van der Waals surface area (Å²) in [5.74, 6) is 0.383. The van der Waals surface area contributed by atoms with Crippen LogP contribution in [0.3, 0.4) is 0 Å². The molecule has 0 radical (unpaired) electrons. The third-order valence-corrected chi connectivity index (χ3v) is 1.95. The van der Waals surface area contributed by atoms with Gasteiger partial charge < -0.3 is 9.47 Å². The highest BCUT2D eigenvalue weighted by Crippen LogP contribution is 2.24. The maximum absolute atomic E-state index is 11.9. The van der Waals surface area contributed by atoms with Gasteiger partial charge in [0.05, 0.1) is 12.3 Å². The third-order valence-electron chi connectivity index (χ3n) is 1.95. The molecule has 4 nitrogen and oxygen atoms in total. The molecule has 0 aliphatic carbocycles. The first-order valence-corrected chi connectivity index (χ1v) is 5.64. The Morgan fingerprint density at radius 3 is 2.63 bits per heavy atom. The van der Waals surface area contributed by atoms with Crippen LogP contribution in [0.4, 0.5) is 23.7 Å². The standard InChI is InChI=1S/C12H14F3NO3/c1-2-7-18-10-6-4-3-5-9(10)16-11(17)19-8-12(13,14)15/h3-6H,2,7-8H2,1H3,(H,16,17). The number of carbonyl (C=O) groups excluding carboxylic acids is 1. The second-order valence-electron chi connectivity index (χ2n) is 3.66. The summed E-state index contributed by atoms with van der Waals surface area (Å²) in [6.45, 7) is 0.723. The van der Waals surface area contributed by atoms with Gasteiger partial charge in [-0.3, -0.25) is 5.32 Å². The minimum absolute atomic E-state index is 0.267. The first-order valence-electron chi connectivity index (χ1n) is 5.64. The van der Waals surface area contributed by atoms with Crippen molar-refractivity contribution in [1.29, 1.82) is 0 Å². The van der Waals surface area contributed by atoms with Gasteiger partial charge in [-0.05, 0) is 18.6 Å². The Hall–Kier alpha value is -1.92. The van der Waals surface area contributed by atoms with Gasteiger partial charge in [-0.2, -0.15) is 13.2 Å². The molecular weight excluding hydrogens is 263 g/mol. The van der Waals surface area contributed by atoms with E-state index in [-0.39, 0.29) is 5.69 Å². The van der Waals surface area contributed by atoms with E-state index in [4.69, 9.17) is 4.74 Å². The number of para-hydroxylation sites is 2. The van der Waals surface area contributed by atoms with Crippen LogP contribution in [0.25, 0.3) is 0 Å². The van der Waals surface area contributed by atoms with Gasteiger partial charge in [-0.1, -0.05) is 19.1 Å². The molecule has 0 aliphatic rings. The second-order valence-corrected chi connectivity index (χ2v) is 3.66. The number of amides is 1. The lowest BCUT2D eigenvalue weighted by Crippen LogP contribution is -2.23. The van der Waals surface area contributed by atoms with Gasteiger partial charge in [0, 0.05) is 0 Å². The number of rotatable bonds is 5. The fraction of sp³-hybridized carbons (Fsp3) is 0.417.